The van der Waals surface area contributed by atoms with Crippen molar-refractivity contribution >= 4 is 23.6 Å². The molecule has 3 aromatic rings. The zero-order chi connectivity index (χ0) is 20.6. The number of hydrogen-bond donors (Lipinski definition) is 1. The molecule has 0 saturated carbocycles. The maximum absolute atomic E-state index is 12.9. The smallest absolute Gasteiger partial charge is 0.345 e. The van der Waals surface area contributed by atoms with Crippen LogP contribution in [0.4, 0.5) is 0 Å². The number of aromatic nitrogens is 2. The van der Waals surface area contributed by atoms with Crippen molar-refractivity contribution in [2.24, 2.45) is 0 Å². The summed E-state index contributed by atoms with van der Waals surface area (Å²) >= 11 is 1.09. The fourth-order valence-electron chi connectivity index (χ4n) is 2.48. The first-order valence-electron chi connectivity index (χ1n) is 8.86. The van der Waals surface area contributed by atoms with Crippen molar-refractivity contribution in [2.75, 3.05) is 12.4 Å². The molecule has 3 rings (SSSR count). The van der Waals surface area contributed by atoms with E-state index in [1.165, 1.54) is 17.0 Å². The number of thioether (sulfide) groups is 1. The molecular weight excluding hydrogens is 394 g/mol. The molecule has 8 nitrogen and oxygen atoms in total. The molecule has 0 fully saturated rings. The highest BCUT2D eigenvalue weighted by Crippen LogP contribution is 2.18. The number of carbonyl (C=O) groups is 2. The predicted octanol–water partition coefficient (Wildman–Crippen LogP) is 2.41. The van der Waals surface area contributed by atoms with Gasteiger partial charge < -0.3 is 14.5 Å². The number of carbonyl (C=O) groups excluding carboxylic acids is 2. The summed E-state index contributed by atoms with van der Waals surface area (Å²) in [5.74, 6) is -0.294. The van der Waals surface area contributed by atoms with Crippen molar-refractivity contribution in [3.8, 4) is 5.69 Å². The van der Waals surface area contributed by atoms with Crippen molar-refractivity contribution in [1.29, 1.82) is 0 Å². The summed E-state index contributed by atoms with van der Waals surface area (Å²) in [5.41, 5.74) is -0.180. The van der Waals surface area contributed by atoms with Crippen LogP contribution in [0.25, 0.3) is 5.69 Å². The lowest BCUT2D eigenvalue weighted by Gasteiger charge is -2.13. The van der Waals surface area contributed by atoms with Crippen LogP contribution in [0.2, 0.25) is 0 Å². The lowest BCUT2D eigenvalue weighted by molar-refractivity contribution is -0.118. The SMILES string of the molecule is CCOC(=O)c1cnc(SCC(=O)NCc2ccco2)n(-c2ccccc2)c1=O. The number of amides is 1. The number of furan rings is 1. The van der Waals surface area contributed by atoms with Crippen LogP contribution in [-0.2, 0) is 16.1 Å². The van der Waals surface area contributed by atoms with Gasteiger partial charge in [-0.05, 0) is 31.2 Å². The number of benzene rings is 1. The van der Waals surface area contributed by atoms with Gasteiger partial charge in [0, 0.05) is 0 Å². The number of rotatable bonds is 8. The Kier molecular flexibility index (Phi) is 6.85. The second-order valence-electron chi connectivity index (χ2n) is 5.80. The number of nitrogens with zero attached hydrogens (tertiary/aromatic N) is 2. The van der Waals surface area contributed by atoms with Gasteiger partial charge in [-0.25, -0.2) is 9.78 Å². The van der Waals surface area contributed by atoms with Crippen LogP contribution in [0.5, 0.6) is 0 Å². The van der Waals surface area contributed by atoms with E-state index in [0.29, 0.717) is 16.6 Å². The molecule has 0 unspecified atom stereocenters. The number of ether oxygens (including phenoxy) is 1. The molecule has 9 heteroatoms. The Balaban J connectivity index is 1.82. The van der Waals surface area contributed by atoms with Crippen molar-refractivity contribution < 1.29 is 18.7 Å². The summed E-state index contributed by atoms with van der Waals surface area (Å²) in [7, 11) is 0. The van der Waals surface area contributed by atoms with Crippen molar-refractivity contribution in [3.05, 3.63) is 76.6 Å². The van der Waals surface area contributed by atoms with Crippen molar-refractivity contribution in [3.63, 3.8) is 0 Å². The summed E-state index contributed by atoms with van der Waals surface area (Å²) in [4.78, 5) is 41.4. The molecule has 0 atom stereocenters. The molecule has 0 aliphatic carbocycles. The van der Waals surface area contributed by atoms with E-state index in [1.807, 2.05) is 6.07 Å². The maximum atomic E-state index is 12.9. The van der Waals surface area contributed by atoms with Crippen LogP contribution < -0.4 is 10.9 Å². The molecular formula is C20H19N3O5S. The number of nitrogens with one attached hydrogen (secondary N) is 1. The van der Waals surface area contributed by atoms with E-state index >= 15 is 0 Å². The van der Waals surface area contributed by atoms with E-state index in [1.54, 1.807) is 43.3 Å². The van der Waals surface area contributed by atoms with E-state index < -0.39 is 11.5 Å². The molecule has 2 heterocycles. The van der Waals surface area contributed by atoms with Crippen LogP contribution in [0, 0.1) is 0 Å². The Labute approximate surface area is 170 Å². The van der Waals surface area contributed by atoms with Gasteiger partial charge in [0.1, 0.15) is 11.3 Å². The van der Waals surface area contributed by atoms with Gasteiger partial charge in [0.2, 0.25) is 5.91 Å². The molecule has 1 amide bonds. The van der Waals surface area contributed by atoms with E-state index in [4.69, 9.17) is 9.15 Å². The van der Waals surface area contributed by atoms with Gasteiger partial charge in [-0.1, -0.05) is 30.0 Å². The maximum Gasteiger partial charge on any atom is 0.345 e. The minimum absolute atomic E-state index is 0.0404. The van der Waals surface area contributed by atoms with Gasteiger partial charge in [0.15, 0.2) is 5.16 Å². The molecule has 1 aromatic carbocycles. The third-order valence-electron chi connectivity index (χ3n) is 3.81. The Morgan fingerprint density at radius 3 is 2.69 bits per heavy atom. The molecule has 0 aliphatic heterocycles. The Morgan fingerprint density at radius 1 is 1.21 bits per heavy atom. The number of esters is 1. The van der Waals surface area contributed by atoms with Crippen molar-refractivity contribution in [2.45, 2.75) is 18.6 Å². The Hall–Kier alpha value is -3.33. The highest BCUT2D eigenvalue weighted by atomic mass is 32.2. The third kappa shape index (κ3) is 5.14. The minimum Gasteiger partial charge on any atom is -0.467 e. The first-order valence-corrected chi connectivity index (χ1v) is 9.85. The number of para-hydroxylation sites is 1. The molecule has 2 aromatic heterocycles. The predicted molar refractivity (Wildman–Crippen MR) is 107 cm³/mol. The van der Waals surface area contributed by atoms with Gasteiger partial charge in [-0.2, -0.15) is 0 Å². The molecule has 0 bridgehead atoms. The normalized spacial score (nSPS) is 10.5. The molecule has 1 N–H and O–H groups in total. The zero-order valence-electron chi connectivity index (χ0n) is 15.7. The minimum atomic E-state index is -0.734. The van der Waals surface area contributed by atoms with Crippen molar-refractivity contribution in [1.82, 2.24) is 14.9 Å². The fraction of sp³-hybridized carbons (Fsp3) is 0.200. The van der Waals surface area contributed by atoms with Crippen LogP contribution in [-0.4, -0.2) is 33.8 Å². The summed E-state index contributed by atoms with van der Waals surface area (Å²) in [5, 5.41) is 3.03. The van der Waals surface area contributed by atoms with Gasteiger partial charge >= 0.3 is 5.97 Å². The summed E-state index contributed by atoms with van der Waals surface area (Å²) in [6, 6.07) is 12.3. The van der Waals surface area contributed by atoms with E-state index in [-0.39, 0.29) is 30.4 Å². The molecule has 29 heavy (non-hydrogen) atoms. The van der Waals surface area contributed by atoms with E-state index in [9.17, 15) is 14.4 Å². The second-order valence-corrected chi connectivity index (χ2v) is 6.74. The first-order chi connectivity index (χ1) is 14.1. The van der Waals surface area contributed by atoms with Gasteiger partial charge in [-0.15, -0.1) is 0 Å². The average Bonchev–Trinajstić information content (AvgIpc) is 3.25. The second kappa shape index (κ2) is 9.74. The zero-order valence-corrected chi connectivity index (χ0v) is 16.5. The van der Waals surface area contributed by atoms with Gasteiger partial charge in [0.05, 0.1) is 37.1 Å². The Morgan fingerprint density at radius 2 is 2.00 bits per heavy atom. The van der Waals surface area contributed by atoms with Crippen LogP contribution in [0.3, 0.4) is 0 Å². The van der Waals surface area contributed by atoms with Gasteiger partial charge in [0.25, 0.3) is 5.56 Å². The first kappa shape index (κ1) is 20.4. The molecule has 0 saturated heterocycles. The van der Waals surface area contributed by atoms with Crippen LogP contribution in [0.1, 0.15) is 23.0 Å². The summed E-state index contributed by atoms with van der Waals surface area (Å²) in [6.45, 7) is 2.08. The molecule has 0 spiro atoms. The van der Waals surface area contributed by atoms with E-state index in [0.717, 1.165) is 11.8 Å². The Bertz CT molecular complexity index is 1030. The molecule has 150 valence electrons. The van der Waals surface area contributed by atoms with Crippen LogP contribution in [0.15, 0.2) is 69.3 Å². The average molecular weight is 413 g/mol. The quantitative estimate of drug-likeness (QED) is 0.344. The summed E-state index contributed by atoms with van der Waals surface area (Å²) < 4.78 is 11.4. The highest BCUT2D eigenvalue weighted by molar-refractivity contribution is 7.99. The summed E-state index contributed by atoms with van der Waals surface area (Å²) in [6.07, 6.45) is 2.71. The standard InChI is InChI=1S/C20H19N3O5S/c1-2-27-19(26)16-12-22-20(23(18(16)25)14-7-4-3-5-8-14)29-13-17(24)21-11-15-9-6-10-28-15/h3-10,12H,2,11,13H2,1H3,(H,21,24). The van der Waals surface area contributed by atoms with E-state index in [2.05, 4.69) is 10.3 Å². The lowest BCUT2D eigenvalue weighted by atomic mass is 10.3. The molecule has 0 aliphatic rings. The van der Waals surface area contributed by atoms with Gasteiger partial charge in [-0.3, -0.25) is 14.2 Å². The highest BCUT2D eigenvalue weighted by Gasteiger charge is 2.19. The lowest BCUT2D eigenvalue weighted by Crippen LogP contribution is -2.29. The largest absolute Gasteiger partial charge is 0.467 e. The number of hydrogen-bond acceptors (Lipinski definition) is 7. The fourth-order valence-corrected chi connectivity index (χ4v) is 3.28. The topological polar surface area (TPSA) is 103 Å². The van der Waals surface area contributed by atoms with Crippen LogP contribution >= 0.6 is 11.8 Å². The monoisotopic (exact) mass is 413 g/mol. The molecule has 0 radical (unpaired) electrons. The third-order valence-corrected chi connectivity index (χ3v) is 4.76.